The van der Waals surface area contributed by atoms with Crippen molar-refractivity contribution >= 4 is 5.69 Å². The predicted octanol–water partition coefficient (Wildman–Crippen LogP) is 1.27. The van der Waals surface area contributed by atoms with Crippen LogP contribution in [-0.2, 0) is 0 Å². The van der Waals surface area contributed by atoms with Crippen molar-refractivity contribution in [2.75, 3.05) is 0 Å². The number of hydrogen-bond acceptors (Lipinski definition) is 8. The van der Waals surface area contributed by atoms with E-state index in [1.54, 1.807) is 18.2 Å². The van der Waals surface area contributed by atoms with Crippen molar-refractivity contribution in [3.05, 3.63) is 55.5 Å². The van der Waals surface area contributed by atoms with E-state index < -0.39 is 20.5 Å². The Labute approximate surface area is 98.2 Å². The van der Waals surface area contributed by atoms with Gasteiger partial charge in [-0.1, -0.05) is 18.2 Å². The monoisotopic (exact) mass is 255 g/mol. The van der Waals surface area contributed by atoms with E-state index in [1.165, 1.54) is 12.1 Å². The maximum Gasteiger partial charge on any atom is 0.340 e. The number of nitrogens with zero attached hydrogens (tertiary/aromatic N) is 7. The molecule has 1 rings (SSSR count). The minimum Gasteiger partial charge on any atom is -0.337 e. The van der Waals surface area contributed by atoms with E-state index in [1.807, 2.05) is 5.29 Å². The Hall–Kier alpha value is -3.18. The normalized spacial score (nSPS) is 10.0. The Morgan fingerprint density at radius 2 is 1.56 bits per heavy atom. The lowest BCUT2D eigenvalue weighted by Gasteiger charge is -2.06. The highest BCUT2D eigenvalue weighted by Crippen LogP contribution is 2.12. The third-order valence-corrected chi connectivity index (χ3v) is 1.52. The van der Waals surface area contributed by atoms with Gasteiger partial charge in [-0.15, -0.1) is 0 Å². The molecule has 0 aliphatic carbocycles. The van der Waals surface area contributed by atoms with E-state index in [0.29, 0.717) is 0 Å². The molecule has 0 radical (unpaired) electrons. The fraction of sp³-hybridized carbons (Fsp3) is 0. The number of hydrogen-bond donors (Lipinski definition) is 0. The molecular weight excluding hydrogens is 250 g/mol. The summed E-state index contributed by atoms with van der Waals surface area (Å²) in [5.41, 5.74) is 0.207. The molecule has 0 fully saturated rings. The second kappa shape index (κ2) is 5.78. The number of benzene rings is 1. The molecule has 1 aromatic carbocycles. The SMILES string of the molecule is O=NN(N(N=Nc1ccccc1)[N+](=O)[O-])[N+](=O)[O-]. The van der Waals surface area contributed by atoms with Crippen molar-refractivity contribution in [3.8, 4) is 0 Å². The molecule has 0 aromatic heterocycles. The number of hydrazine groups is 3. The van der Waals surface area contributed by atoms with Crippen molar-refractivity contribution in [1.29, 1.82) is 0 Å². The van der Waals surface area contributed by atoms with Gasteiger partial charge in [0.05, 0.1) is 10.1 Å². The first-order valence-corrected chi connectivity index (χ1v) is 4.25. The number of nitro groups is 2. The Morgan fingerprint density at radius 1 is 1.00 bits per heavy atom. The van der Waals surface area contributed by atoms with Gasteiger partial charge in [0.15, 0.2) is 0 Å². The van der Waals surface area contributed by atoms with Crippen LogP contribution in [0.2, 0.25) is 0 Å². The summed E-state index contributed by atoms with van der Waals surface area (Å²) in [6.45, 7) is 0. The van der Waals surface area contributed by atoms with Gasteiger partial charge < -0.3 is 20.2 Å². The van der Waals surface area contributed by atoms with Crippen LogP contribution >= 0.6 is 0 Å². The van der Waals surface area contributed by atoms with E-state index in [-0.39, 0.29) is 5.69 Å². The maximum absolute atomic E-state index is 10.5. The van der Waals surface area contributed by atoms with Crippen LogP contribution < -0.4 is 0 Å². The average molecular weight is 255 g/mol. The number of nitroso groups, excluding NO2 is 1. The molecule has 18 heavy (non-hydrogen) atoms. The summed E-state index contributed by atoms with van der Waals surface area (Å²) in [7, 11) is 0. The van der Waals surface area contributed by atoms with Crippen LogP contribution in [0, 0.1) is 25.1 Å². The summed E-state index contributed by atoms with van der Waals surface area (Å²) in [5.74, 6) is 0. The molecular formula is C6H5N7O5. The molecule has 1 aromatic rings. The van der Waals surface area contributed by atoms with Crippen LogP contribution in [0.3, 0.4) is 0 Å². The van der Waals surface area contributed by atoms with Gasteiger partial charge in [-0.3, -0.25) is 0 Å². The molecule has 0 unspecified atom stereocenters. The van der Waals surface area contributed by atoms with Gasteiger partial charge in [0, 0.05) is 4.91 Å². The molecule has 0 spiro atoms. The zero-order valence-electron chi connectivity index (χ0n) is 8.56. The third kappa shape index (κ3) is 3.16. The maximum atomic E-state index is 10.5. The Kier molecular flexibility index (Phi) is 4.14. The molecule has 12 heteroatoms. The quantitative estimate of drug-likeness (QED) is 0.321. The van der Waals surface area contributed by atoms with Crippen LogP contribution in [0.1, 0.15) is 0 Å². The van der Waals surface area contributed by atoms with E-state index in [2.05, 4.69) is 10.3 Å². The number of rotatable bonds is 6. The van der Waals surface area contributed by atoms with Crippen LogP contribution in [0.15, 0.2) is 46.0 Å². The van der Waals surface area contributed by atoms with Gasteiger partial charge in [-0.05, 0) is 17.2 Å². The standard InChI is InChI=1S/C6H5N7O5/c14-9-11(13(17)18)10(12(15)16)8-7-6-4-2-1-3-5-6/h1-5H. The Balaban J connectivity index is 2.94. The summed E-state index contributed by atoms with van der Waals surface area (Å²) >= 11 is 0. The van der Waals surface area contributed by atoms with Crippen molar-refractivity contribution in [2.24, 2.45) is 15.6 Å². The highest BCUT2D eigenvalue weighted by Gasteiger charge is 2.36. The summed E-state index contributed by atoms with van der Waals surface area (Å²) in [4.78, 5) is 30.8. The zero-order chi connectivity index (χ0) is 13.5. The lowest BCUT2D eigenvalue weighted by Crippen LogP contribution is -2.42. The Morgan fingerprint density at radius 3 is 2.00 bits per heavy atom. The van der Waals surface area contributed by atoms with Gasteiger partial charge in [-0.2, -0.15) is 0 Å². The predicted molar refractivity (Wildman–Crippen MR) is 54.4 cm³/mol. The second-order valence-electron chi connectivity index (χ2n) is 2.62. The fourth-order valence-electron chi connectivity index (χ4n) is 0.848. The first-order chi connectivity index (χ1) is 8.56. The summed E-state index contributed by atoms with van der Waals surface area (Å²) in [5, 5.41) is 24.9. The molecule has 0 N–H and O–H groups in total. The summed E-state index contributed by atoms with van der Waals surface area (Å²) in [6.07, 6.45) is 0. The third-order valence-electron chi connectivity index (χ3n) is 1.52. The molecule has 0 aliphatic rings. The summed E-state index contributed by atoms with van der Waals surface area (Å²) < 4.78 is 0. The van der Waals surface area contributed by atoms with Gasteiger partial charge in [0.2, 0.25) is 15.7 Å². The first kappa shape index (κ1) is 12.9. The van der Waals surface area contributed by atoms with Crippen molar-refractivity contribution < 1.29 is 10.1 Å². The lowest BCUT2D eigenvalue weighted by molar-refractivity contribution is -0.834. The molecule has 0 amide bonds. The first-order valence-electron chi connectivity index (χ1n) is 4.25. The molecule has 94 valence electrons. The van der Waals surface area contributed by atoms with Gasteiger partial charge >= 0.3 is 5.29 Å². The highest BCUT2D eigenvalue weighted by molar-refractivity contribution is 5.34. The molecule has 0 atom stereocenters. The largest absolute Gasteiger partial charge is 0.340 e. The topological polar surface area (TPSA) is 147 Å². The van der Waals surface area contributed by atoms with Gasteiger partial charge in [0.1, 0.15) is 5.69 Å². The van der Waals surface area contributed by atoms with E-state index in [4.69, 9.17) is 0 Å². The molecule has 0 saturated carbocycles. The van der Waals surface area contributed by atoms with Gasteiger partial charge in [-0.25, -0.2) is 0 Å². The van der Waals surface area contributed by atoms with E-state index in [9.17, 15) is 25.1 Å². The van der Waals surface area contributed by atoms with Gasteiger partial charge in [0.25, 0.3) is 0 Å². The lowest BCUT2D eigenvalue weighted by atomic mass is 10.3. The molecule has 0 saturated heterocycles. The minimum atomic E-state index is -1.42. The van der Waals surface area contributed by atoms with Crippen LogP contribution in [0.25, 0.3) is 0 Å². The smallest absolute Gasteiger partial charge is 0.337 e. The molecule has 0 aliphatic heterocycles. The minimum absolute atomic E-state index is 0.207. The Bertz CT molecular complexity index is 476. The molecule has 0 heterocycles. The average Bonchev–Trinajstić information content (AvgIpc) is 2.34. The molecule has 0 bridgehead atoms. The summed E-state index contributed by atoms with van der Waals surface area (Å²) in [6, 6.07) is 7.72. The second-order valence-corrected chi connectivity index (χ2v) is 2.62. The van der Waals surface area contributed by atoms with E-state index >= 15 is 0 Å². The highest BCUT2D eigenvalue weighted by atomic mass is 16.8. The zero-order valence-corrected chi connectivity index (χ0v) is 8.56. The van der Waals surface area contributed by atoms with Crippen molar-refractivity contribution in [2.45, 2.75) is 0 Å². The van der Waals surface area contributed by atoms with Crippen LogP contribution in [-0.4, -0.2) is 20.5 Å². The van der Waals surface area contributed by atoms with Crippen molar-refractivity contribution in [3.63, 3.8) is 0 Å². The molecule has 12 nitrogen and oxygen atoms in total. The van der Waals surface area contributed by atoms with Crippen LogP contribution in [0.5, 0.6) is 0 Å². The van der Waals surface area contributed by atoms with Crippen LogP contribution in [0.4, 0.5) is 5.69 Å². The fourth-order valence-corrected chi connectivity index (χ4v) is 0.848. The van der Waals surface area contributed by atoms with Crippen molar-refractivity contribution in [1.82, 2.24) is 10.5 Å². The van der Waals surface area contributed by atoms with E-state index in [0.717, 1.165) is 0 Å².